The highest BCUT2D eigenvalue weighted by atomic mass is 16.5. The van der Waals surface area contributed by atoms with Crippen molar-refractivity contribution in [3.8, 4) is 56.4 Å². The number of benzene rings is 8. The Morgan fingerprint density at radius 3 is 1.85 bits per heavy atom. The minimum Gasteiger partial charge on any atom is -0.456 e. The first kappa shape index (κ1) is 29.8. The molecular weight excluding hydrogens is 635 g/mol. The van der Waals surface area contributed by atoms with Gasteiger partial charge in [0.2, 0.25) is 0 Å². The normalized spacial score (nSPS) is 11.6. The molecule has 0 saturated carbocycles. The number of rotatable bonds is 6. The lowest BCUT2D eigenvalue weighted by Gasteiger charge is -2.29. The van der Waals surface area contributed by atoms with Gasteiger partial charge in [-0.05, 0) is 77.4 Å². The van der Waals surface area contributed by atoms with Gasteiger partial charge in [0.05, 0.1) is 16.9 Å². The van der Waals surface area contributed by atoms with Crippen molar-refractivity contribution in [3.63, 3.8) is 0 Å². The van der Waals surface area contributed by atoms with Crippen LogP contribution in [0.1, 0.15) is 0 Å². The summed E-state index contributed by atoms with van der Waals surface area (Å²) in [6.07, 6.45) is 0. The van der Waals surface area contributed by atoms with Crippen molar-refractivity contribution in [1.29, 1.82) is 0 Å². The van der Waals surface area contributed by atoms with Gasteiger partial charge >= 0.3 is 0 Å². The number of anilines is 3. The zero-order valence-electron chi connectivity index (χ0n) is 28.1. The SMILES string of the molecule is c1ccc(-c2cccc(-c3nc(-c4ccc5c(c4)Oc4ccc(N(c6ccccc6)c6ccccc6)c6cccc-5c46)nc4ccccc34)c2)cc1. The van der Waals surface area contributed by atoms with Crippen molar-refractivity contribution in [3.05, 3.63) is 188 Å². The van der Waals surface area contributed by atoms with Gasteiger partial charge in [-0.15, -0.1) is 0 Å². The van der Waals surface area contributed by atoms with E-state index < -0.39 is 0 Å². The summed E-state index contributed by atoms with van der Waals surface area (Å²) >= 11 is 0. The van der Waals surface area contributed by atoms with Crippen molar-refractivity contribution in [2.45, 2.75) is 0 Å². The minimum atomic E-state index is 0.658. The first-order valence-corrected chi connectivity index (χ1v) is 17.5. The largest absolute Gasteiger partial charge is 0.456 e. The van der Waals surface area contributed by atoms with Gasteiger partial charge in [0.15, 0.2) is 5.82 Å². The molecule has 0 N–H and O–H groups in total. The summed E-state index contributed by atoms with van der Waals surface area (Å²) in [7, 11) is 0. The lowest BCUT2D eigenvalue weighted by atomic mass is 9.92. The molecule has 0 saturated heterocycles. The van der Waals surface area contributed by atoms with Gasteiger partial charge in [-0.25, -0.2) is 9.97 Å². The van der Waals surface area contributed by atoms with Crippen LogP contribution in [0.5, 0.6) is 11.5 Å². The molecule has 9 aromatic rings. The summed E-state index contributed by atoms with van der Waals surface area (Å²) in [5.41, 5.74) is 11.5. The van der Waals surface area contributed by atoms with Crippen LogP contribution in [0.4, 0.5) is 17.1 Å². The molecule has 10 rings (SSSR count). The molecule has 0 radical (unpaired) electrons. The quantitative estimate of drug-likeness (QED) is 0.177. The first-order chi connectivity index (χ1) is 25.8. The summed E-state index contributed by atoms with van der Waals surface area (Å²) in [4.78, 5) is 12.6. The Kier molecular flexibility index (Phi) is 7.10. The van der Waals surface area contributed by atoms with Gasteiger partial charge in [-0.3, -0.25) is 0 Å². The Hall–Kier alpha value is -7.04. The van der Waals surface area contributed by atoms with Gasteiger partial charge in [0.1, 0.15) is 11.5 Å². The van der Waals surface area contributed by atoms with Crippen molar-refractivity contribution in [2.75, 3.05) is 4.90 Å². The molecule has 0 bridgehead atoms. The van der Waals surface area contributed by atoms with Gasteiger partial charge in [0.25, 0.3) is 0 Å². The second kappa shape index (κ2) is 12.4. The molecule has 0 fully saturated rings. The van der Waals surface area contributed by atoms with E-state index in [4.69, 9.17) is 14.7 Å². The highest BCUT2D eigenvalue weighted by Crippen LogP contribution is 2.51. The van der Waals surface area contributed by atoms with Gasteiger partial charge in [0, 0.05) is 44.2 Å². The number of aromatic nitrogens is 2. The zero-order valence-corrected chi connectivity index (χ0v) is 28.1. The lowest BCUT2D eigenvalue weighted by Crippen LogP contribution is -2.11. The van der Waals surface area contributed by atoms with E-state index in [2.05, 4.69) is 175 Å². The first-order valence-electron chi connectivity index (χ1n) is 17.5. The zero-order chi connectivity index (χ0) is 34.4. The molecule has 8 aromatic carbocycles. The van der Waals surface area contributed by atoms with Crippen LogP contribution in [0.25, 0.3) is 66.6 Å². The van der Waals surface area contributed by atoms with Crippen LogP contribution in [0.3, 0.4) is 0 Å². The van der Waals surface area contributed by atoms with E-state index in [-0.39, 0.29) is 0 Å². The fourth-order valence-corrected chi connectivity index (χ4v) is 7.43. The van der Waals surface area contributed by atoms with Crippen molar-refractivity contribution in [2.24, 2.45) is 0 Å². The second-order valence-electron chi connectivity index (χ2n) is 13.0. The summed E-state index contributed by atoms with van der Waals surface area (Å²) in [5.74, 6) is 2.28. The number of hydrogen-bond acceptors (Lipinski definition) is 4. The fraction of sp³-hybridized carbons (Fsp3) is 0. The van der Waals surface area contributed by atoms with Crippen LogP contribution in [0.2, 0.25) is 0 Å². The summed E-state index contributed by atoms with van der Waals surface area (Å²) in [6, 6.07) is 65.4. The third-order valence-electron chi connectivity index (χ3n) is 9.85. The molecule has 2 heterocycles. The molecule has 0 atom stereocenters. The van der Waals surface area contributed by atoms with E-state index in [1.807, 2.05) is 18.2 Å². The average Bonchev–Trinajstić information content (AvgIpc) is 3.22. The third kappa shape index (κ3) is 5.09. The summed E-state index contributed by atoms with van der Waals surface area (Å²) in [6.45, 7) is 0. The van der Waals surface area contributed by atoms with Gasteiger partial charge in [-0.1, -0.05) is 127 Å². The predicted octanol–water partition coefficient (Wildman–Crippen LogP) is 13.0. The molecular formula is C48H31N3O. The third-order valence-corrected chi connectivity index (χ3v) is 9.85. The van der Waals surface area contributed by atoms with E-state index in [0.29, 0.717) is 5.82 Å². The molecule has 0 amide bonds. The molecule has 52 heavy (non-hydrogen) atoms. The number of nitrogens with zero attached hydrogens (tertiary/aromatic N) is 3. The molecule has 0 unspecified atom stereocenters. The van der Waals surface area contributed by atoms with Crippen molar-refractivity contribution >= 4 is 38.7 Å². The van der Waals surface area contributed by atoms with Gasteiger partial charge in [-0.2, -0.15) is 0 Å². The smallest absolute Gasteiger partial charge is 0.160 e. The van der Waals surface area contributed by atoms with Crippen molar-refractivity contribution in [1.82, 2.24) is 9.97 Å². The maximum absolute atomic E-state index is 6.75. The molecule has 4 heteroatoms. The van der Waals surface area contributed by atoms with Gasteiger partial charge < -0.3 is 9.64 Å². The molecule has 0 aliphatic carbocycles. The summed E-state index contributed by atoms with van der Waals surface area (Å²) < 4.78 is 6.75. The molecule has 1 aromatic heterocycles. The Morgan fingerprint density at radius 1 is 0.404 bits per heavy atom. The fourth-order valence-electron chi connectivity index (χ4n) is 7.43. The molecule has 1 aliphatic rings. The van der Waals surface area contributed by atoms with E-state index in [1.54, 1.807) is 0 Å². The minimum absolute atomic E-state index is 0.658. The van der Waals surface area contributed by atoms with Crippen molar-refractivity contribution < 1.29 is 4.74 Å². The van der Waals surface area contributed by atoms with Crippen LogP contribution in [0, 0.1) is 0 Å². The molecule has 1 aliphatic heterocycles. The molecule has 244 valence electrons. The molecule has 0 spiro atoms. The second-order valence-corrected chi connectivity index (χ2v) is 13.0. The van der Waals surface area contributed by atoms with E-state index >= 15 is 0 Å². The number of para-hydroxylation sites is 3. The maximum atomic E-state index is 6.75. The van der Waals surface area contributed by atoms with E-state index in [0.717, 1.165) is 83.7 Å². The van der Waals surface area contributed by atoms with E-state index in [9.17, 15) is 0 Å². The lowest BCUT2D eigenvalue weighted by molar-refractivity contribution is 0.487. The number of ether oxygens (including phenoxy) is 1. The monoisotopic (exact) mass is 665 g/mol. The van der Waals surface area contributed by atoms with Crippen LogP contribution >= 0.6 is 0 Å². The van der Waals surface area contributed by atoms with Crippen LogP contribution < -0.4 is 9.64 Å². The van der Waals surface area contributed by atoms with Crippen LogP contribution in [-0.2, 0) is 0 Å². The Balaban J connectivity index is 1.09. The Labute approximate surface area is 301 Å². The van der Waals surface area contributed by atoms with Crippen LogP contribution in [0.15, 0.2) is 188 Å². The number of fused-ring (bicyclic) bond motifs is 3. The topological polar surface area (TPSA) is 38.2 Å². The highest BCUT2D eigenvalue weighted by molar-refractivity contribution is 6.11. The predicted molar refractivity (Wildman–Crippen MR) is 214 cm³/mol. The average molecular weight is 666 g/mol. The molecule has 4 nitrogen and oxygen atoms in total. The summed E-state index contributed by atoms with van der Waals surface area (Å²) in [5, 5.41) is 3.24. The Morgan fingerprint density at radius 2 is 1.06 bits per heavy atom. The highest BCUT2D eigenvalue weighted by Gasteiger charge is 2.25. The maximum Gasteiger partial charge on any atom is 0.160 e. The number of hydrogen-bond donors (Lipinski definition) is 0. The standard InChI is InChI=1S/C48H31N3O/c1-4-14-32(15-5-1)33-16-12-17-34(30-33)47-40-22-10-11-25-42(40)49-48(50-47)35-26-27-38-39-23-13-24-41-43(28-29-44(46(39)41)52-45(38)31-35)51(36-18-6-2-7-19-36)37-20-8-3-9-21-37/h1-31H. The Bertz CT molecular complexity index is 2720. The van der Waals surface area contributed by atoms with E-state index in [1.165, 1.54) is 5.56 Å². The van der Waals surface area contributed by atoms with Crippen LogP contribution in [-0.4, -0.2) is 9.97 Å².